The minimum Gasteiger partial charge on any atom is -0.311 e. The van der Waals surface area contributed by atoms with Crippen molar-refractivity contribution in [2.45, 2.75) is 26.2 Å². The number of rotatable bonds is 3. The molecule has 1 aliphatic rings. The van der Waals surface area contributed by atoms with E-state index in [1.165, 1.54) is 18.3 Å². The van der Waals surface area contributed by atoms with Crippen LogP contribution in [0.2, 0.25) is 0 Å². The smallest absolute Gasteiger partial charge is 0.227 e. The molecule has 114 valence electrons. The van der Waals surface area contributed by atoms with E-state index < -0.39 is 0 Å². The van der Waals surface area contributed by atoms with Gasteiger partial charge in [-0.1, -0.05) is 29.5 Å². The largest absolute Gasteiger partial charge is 0.311 e. The third kappa shape index (κ3) is 2.85. The van der Waals surface area contributed by atoms with Gasteiger partial charge < -0.3 is 10.2 Å². The maximum absolute atomic E-state index is 12.3. The van der Waals surface area contributed by atoms with Crippen LogP contribution in [0.4, 0.5) is 10.8 Å². The molecule has 2 aromatic rings. The SMILES string of the molecule is CC(=O)Nc1nnc(C2CC(=O)N(c3ccccc3C)C2)s1. The molecule has 1 aliphatic heterocycles. The van der Waals surface area contributed by atoms with Gasteiger partial charge in [-0.05, 0) is 18.6 Å². The topological polar surface area (TPSA) is 75.2 Å². The zero-order valence-corrected chi connectivity index (χ0v) is 13.2. The number of hydrogen-bond acceptors (Lipinski definition) is 5. The van der Waals surface area contributed by atoms with Crippen LogP contribution in [-0.4, -0.2) is 28.6 Å². The molecule has 0 aliphatic carbocycles. The highest BCUT2D eigenvalue weighted by Gasteiger charge is 2.34. The average molecular weight is 316 g/mol. The van der Waals surface area contributed by atoms with E-state index in [-0.39, 0.29) is 17.7 Å². The van der Waals surface area contributed by atoms with Crippen LogP contribution in [0.5, 0.6) is 0 Å². The van der Waals surface area contributed by atoms with Crippen LogP contribution in [0.25, 0.3) is 0 Å². The summed E-state index contributed by atoms with van der Waals surface area (Å²) in [5.41, 5.74) is 2.02. The van der Waals surface area contributed by atoms with Gasteiger partial charge in [0.05, 0.1) is 0 Å². The number of hydrogen-bond donors (Lipinski definition) is 1. The molecule has 6 nitrogen and oxygen atoms in total. The predicted molar refractivity (Wildman–Crippen MR) is 85.1 cm³/mol. The van der Waals surface area contributed by atoms with Crippen LogP contribution in [-0.2, 0) is 9.59 Å². The van der Waals surface area contributed by atoms with Gasteiger partial charge in [-0.15, -0.1) is 10.2 Å². The Morgan fingerprint density at radius 3 is 2.86 bits per heavy atom. The molecule has 1 saturated heterocycles. The Morgan fingerprint density at radius 2 is 2.14 bits per heavy atom. The lowest BCUT2D eigenvalue weighted by Gasteiger charge is -2.18. The van der Waals surface area contributed by atoms with E-state index in [0.717, 1.165) is 16.3 Å². The summed E-state index contributed by atoms with van der Waals surface area (Å²) in [5, 5.41) is 11.9. The molecule has 2 amide bonds. The minimum atomic E-state index is -0.174. The molecular formula is C15H16N4O2S. The molecule has 2 heterocycles. The summed E-state index contributed by atoms with van der Waals surface area (Å²) in [6.45, 7) is 4.02. The summed E-state index contributed by atoms with van der Waals surface area (Å²) < 4.78 is 0. The Bertz CT molecular complexity index is 728. The monoisotopic (exact) mass is 316 g/mol. The molecule has 1 aromatic carbocycles. The lowest BCUT2D eigenvalue weighted by molar-refractivity contribution is -0.117. The van der Waals surface area contributed by atoms with Crippen LogP contribution in [0.15, 0.2) is 24.3 Å². The van der Waals surface area contributed by atoms with Gasteiger partial charge in [0.15, 0.2) is 0 Å². The summed E-state index contributed by atoms with van der Waals surface area (Å²) in [7, 11) is 0. The number of para-hydroxylation sites is 1. The molecule has 0 spiro atoms. The minimum absolute atomic E-state index is 0.0205. The molecule has 7 heteroatoms. The Balaban J connectivity index is 1.78. The van der Waals surface area contributed by atoms with Gasteiger partial charge in [-0.3, -0.25) is 9.59 Å². The molecule has 0 radical (unpaired) electrons. The van der Waals surface area contributed by atoms with Crippen molar-refractivity contribution in [2.24, 2.45) is 0 Å². The number of carbonyl (C=O) groups excluding carboxylic acids is 2. The number of nitrogens with one attached hydrogen (secondary N) is 1. The summed E-state index contributed by atoms with van der Waals surface area (Å²) in [6.07, 6.45) is 0.420. The highest BCUT2D eigenvalue weighted by atomic mass is 32.1. The number of nitrogens with zero attached hydrogens (tertiary/aromatic N) is 3. The lowest BCUT2D eigenvalue weighted by atomic mass is 10.1. The first kappa shape index (κ1) is 14.6. The van der Waals surface area contributed by atoms with E-state index in [9.17, 15) is 9.59 Å². The second-order valence-corrected chi connectivity index (χ2v) is 6.33. The lowest BCUT2D eigenvalue weighted by Crippen LogP contribution is -2.25. The van der Waals surface area contributed by atoms with E-state index in [1.807, 2.05) is 31.2 Å². The van der Waals surface area contributed by atoms with E-state index in [0.29, 0.717) is 18.1 Å². The Morgan fingerprint density at radius 1 is 1.36 bits per heavy atom. The summed E-state index contributed by atoms with van der Waals surface area (Å²) >= 11 is 1.33. The van der Waals surface area contributed by atoms with E-state index >= 15 is 0 Å². The first-order chi connectivity index (χ1) is 10.5. The standard InChI is InChI=1S/C15H16N4O2S/c1-9-5-3-4-6-12(9)19-8-11(7-13(19)21)14-17-18-15(22-14)16-10(2)20/h3-6,11H,7-8H2,1-2H3,(H,16,18,20). The van der Waals surface area contributed by atoms with Gasteiger partial charge in [0, 0.05) is 31.5 Å². The number of amides is 2. The van der Waals surface area contributed by atoms with Gasteiger partial charge in [-0.25, -0.2) is 0 Å². The fourth-order valence-corrected chi connectivity index (χ4v) is 3.45. The number of aromatic nitrogens is 2. The third-order valence-corrected chi connectivity index (χ3v) is 4.61. The van der Waals surface area contributed by atoms with Gasteiger partial charge in [0.25, 0.3) is 0 Å². The van der Waals surface area contributed by atoms with Gasteiger partial charge in [0.2, 0.25) is 16.9 Å². The van der Waals surface area contributed by atoms with Crippen molar-refractivity contribution in [3.63, 3.8) is 0 Å². The first-order valence-electron chi connectivity index (χ1n) is 7.01. The molecule has 1 N–H and O–H groups in total. The van der Waals surface area contributed by atoms with Crippen molar-refractivity contribution in [1.82, 2.24) is 10.2 Å². The Kier molecular flexibility index (Phi) is 3.89. The van der Waals surface area contributed by atoms with Crippen LogP contribution in [0.1, 0.15) is 29.8 Å². The molecule has 1 unspecified atom stereocenters. The zero-order valence-electron chi connectivity index (χ0n) is 12.4. The fourth-order valence-electron chi connectivity index (χ4n) is 2.57. The zero-order chi connectivity index (χ0) is 15.7. The molecule has 0 saturated carbocycles. The predicted octanol–water partition coefficient (Wildman–Crippen LogP) is 2.33. The molecule has 1 aromatic heterocycles. The van der Waals surface area contributed by atoms with Crippen LogP contribution < -0.4 is 10.2 Å². The van der Waals surface area contributed by atoms with Crippen molar-refractivity contribution < 1.29 is 9.59 Å². The molecule has 3 rings (SSSR count). The fraction of sp³-hybridized carbons (Fsp3) is 0.333. The number of anilines is 2. The van der Waals surface area contributed by atoms with Crippen molar-refractivity contribution in [3.05, 3.63) is 34.8 Å². The highest BCUT2D eigenvalue weighted by Crippen LogP contribution is 2.35. The van der Waals surface area contributed by atoms with Gasteiger partial charge >= 0.3 is 0 Å². The van der Waals surface area contributed by atoms with Crippen molar-refractivity contribution in [1.29, 1.82) is 0 Å². The molecule has 22 heavy (non-hydrogen) atoms. The van der Waals surface area contributed by atoms with Crippen molar-refractivity contribution in [3.8, 4) is 0 Å². The number of carbonyl (C=O) groups is 2. The average Bonchev–Trinajstić information content (AvgIpc) is 3.06. The summed E-state index contributed by atoms with van der Waals surface area (Å²) in [5.74, 6) is -0.0607. The molecule has 1 fully saturated rings. The molecule has 0 bridgehead atoms. The van der Waals surface area contributed by atoms with E-state index in [1.54, 1.807) is 4.90 Å². The van der Waals surface area contributed by atoms with Crippen LogP contribution in [0, 0.1) is 6.92 Å². The van der Waals surface area contributed by atoms with Crippen LogP contribution in [0.3, 0.4) is 0 Å². The summed E-state index contributed by atoms with van der Waals surface area (Å²) in [4.78, 5) is 25.1. The third-order valence-electron chi connectivity index (χ3n) is 3.60. The number of benzene rings is 1. The van der Waals surface area contributed by atoms with Crippen LogP contribution >= 0.6 is 11.3 Å². The van der Waals surface area contributed by atoms with Gasteiger partial charge in [0.1, 0.15) is 5.01 Å². The van der Waals surface area contributed by atoms with E-state index in [2.05, 4.69) is 15.5 Å². The second-order valence-electron chi connectivity index (χ2n) is 5.32. The Labute approximate surface area is 132 Å². The molecule has 1 atom stereocenters. The first-order valence-corrected chi connectivity index (χ1v) is 7.83. The number of aryl methyl sites for hydroxylation is 1. The summed E-state index contributed by atoms with van der Waals surface area (Å²) in [6, 6.07) is 7.85. The van der Waals surface area contributed by atoms with Gasteiger partial charge in [-0.2, -0.15) is 0 Å². The quantitative estimate of drug-likeness (QED) is 0.943. The maximum atomic E-state index is 12.3. The Hall–Kier alpha value is -2.28. The van der Waals surface area contributed by atoms with E-state index in [4.69, 9.17) is 0 Å². The van der Waals surface area contributed by atoms with Crippen molar-refractivity contribution >= 4 is 34.0 Å². The highest BCUT2D eigenvalue weighted by molar-refractivity contribution is 7.15. The maximum Gasteiger partial charge on any atom is 0.227 e. The van der Waals surface area contributed by atoms with Crippen molar-refractivity contribution in [2.75, 3.05) is 16.8 Å². The molecular weight excluding hydrogens is 300 g/mol. The normalized spacial score (nSPS) is 17.8. The second kappa shape index (κ2) is 5.84.